The molecule has 0 aliphatic rings. The zero-order valence-corrected chi connectivity index (χ0v) is 11.0. The molecule has 0 radical (unpaired) electrons. The molecule has 2 aromatic rings. The molecule has 0 aliphatic carbocycles. The fourth-order valence-electron chi connectivity index (χ4n) is 1.27. The van der Waals surface area contributed by atoms with Crippen LogP contribution in [0.25, 0.3) is 0 Å². The van der Waals surface area contributed by atoms with Crippen molar-refractivity contribution in [2.75, 3.05) is 7.11 Å². The average molecular weight is 282 g/mol. The molecule has 92 valence electrons. The number of halogens is 1. The predicted molar refractivity (Wildman–Crippen MR) is 67.0 cm³/mol. The molecule has 0 bridgehead atoms. The highest BCUT2D eigenvalue weighted by Gasteiger charge is 2.05. The molecule has 0 saturated heterocycles. The summed E-state index contributed by atoms with van der Waals surface area (Å²) in [7, 11) is 1.53. The van der Waals surface area contributed by atoms with E-state index in [0.717, 1.165) is 0 Å². The van der Waals surface area contributed by atoms with Gasteiger partial charge in [0.1, 0.15) is 18.1 Å². The fraction of sp³-hybridized carbons (Fsp3) is 0.182. The Kier molecular flexibility index (Phi) is 3.97. The van der Waals surface area contributed by atoms with E-state index in [4.69, 9.17) is 26.3 Å². The van der Waals surface area contributed by atoms with Crippen LogP contribution in [0.3, 0.4) is 0 Å². The Balaban J connectivity index is 2.11. The molecule has 5 nitrogen and oxygen atoms in total. The molecule has 0 fully saturated rings. The van der Waals surface area contributed by atoms with Gasteiger partial charge in [-0.2, -0.15) is 5.26 Å². The second kappa shape index (κ2) is 5.67. The molecule has 18 heavy (non-hydrogen) atoms. The highest BCUT2D eigenvalue weighted by atomic mass is 35.5. The number of methoxy groups -OCH3 is 1. The zero-order chi connectivity index (χ0) is 13.0. The number of hydrogen-bond donors (Lipinski definition) is 0. The topological polar surface area (TPSA) is 68.0 Å². The quantitative estimate of drug-likeness (QED) is 0.862. The van der Waals surface area contributed by atoms with Crippen LogP contribution in [0.1, 0.15) is 10.6 Å². The smallest absolute Gasteiger partial charge is 0.207 e. The molecule has 1 heterocycles. The minimum atomic E-state index is 0.252. The van der Waals surface area contributed by atoms with Crippen molar-refractivity contribution in [3.05, 3.63) is 33.2 Å². The molecular formula is C11H8ClN3O2S. The van der Waals surface area contributed by atoms with Crippen LogP contribution < -0.4 is 9.47 Å². The predicted octanol–water partition coefficient (Wildman–Crippen LogP) is 2.65. The number of ether oxygens (including phenoxy) is 2. The van der Waals surface area contributed by atoms with Crippen molar-refractivity contribution >= 4 is 22.9 Å². The van der Waals surface area contributed by atoms with Gasteiger partial charge in [-0.15, -0.1) is 10.2 Å². The van der Waals surface area contributed by atoms with E-state index in [2.05, 4.69) is 10.2 Å². The summed E-state index contributed by atoms with van der Waals surface area (Å²) >= 11 is 6.91. The van der Waals surface area contributed by atoms with Gasteiger partial charge in [-0.3, -0.25) is 0 Å². The Labute approximate surface area is 113 Å². The summed E-state index contributed by atoms with van der Waals surface area (Å²) in [5, 5.41) is 17.0. The second-order valence-electron chi connectivity index (χ2n) is 3.25. The van der Waals surface area contributed by atoms with Crippen LogP contribution in [0.4, 0.5) is 0 Å². The van der Waals surface area contributed by atoms with Crippen LogP contribution in [0.5, 0.6) is 11.5 Å². The average Bonchev–Trinajstić information content (AvgIpc) is 2.81. The van der Waals surface area contributed by atoms with E-state index in [1.165, 1.54) is 18.4 Å². The Morgan fingerprint density at radius 2 is 2.11 bits per heavy atom. The van der Waals surface area contributed by atoms with Gasteiger partial charge in [0.15, 0.2) is 5.01 Å². The standard InChI is InChI=1S/C11H8ClN3O2S/c1-16-8-2-7(5-13)3-9(4-8)17-6-10-14-15-11(12)18-10/h2-4H,6H2,1H3. The van der Waals surface area contributed by atoms with Crippen molar-refractivity contribution in [2.45, 2.75) is 6.61 Å². The van der Waals surface area contributed by atoms with Crippen molar-refractivity contribution in [1.82, 2.24) is 10.2 Å². The van der Waals surface area contributed by atoms with Crippen LogP contribution in [0.2, 0.25) is 4.47 Å². The number of benzene rings is 1. The highest BCUT2D eigenvalue weighted by molar-refractivity contribution is 7.15. The van der Waals surface area contributed by atoms with Crippen LogP contribution in [-0.2, 0) is 6.61 Å². The molecule has 1 aromatic carbocycles. The summed E-state index contributed by atoms with van der Waals surface area (Å²) in [6.45, 7) is 0.252. The third-order valence-electron chi connectivity index (χ3n) is 2.05. The lowest BCUT2D eigenvalue weighted by Gasteiger charge is -2.06. The van der Waals surface area contributed by atoms with Gasteiger partial charge in [0.2, 0.25) is 4.47 Å². The molecule has 0 N–H and O–H groups in total. The first-order chi connectivity index (χ1) is 8.71. The molecule has 0 saturated carbocycles. The zero-order valence-electron chi connectivity index (χ0n) is 9.38. The lowest BCUT2D eigenvalue weighted by Crippen LogP contribution is -1.96. The van der Waals surface area contributed by atoms with E-state index in [1.807, 2.05) is 6.07 Å². The van der Waals surface area contributed by atoms with Crippen LogP contribution >= 0.6 is 22.9 Å². The van der Waals surface area contributed by atoms with E-state index < -0.39 is 0 Å². The Hall–Kier alpha value is -1.84. The van der Waals surface area contributed by atoms with Crippen molar-refractivity contribution < 1.29 is 9.47 Å². The molecule has 7 heteroatoms. The molecule has 0 aliphatic heterocycles. The van der Waals surface area contributed by atoms with Gasteiger partial charge in [0.25, 0.3) is 0 Å². The summed E-state index contributed by atoms with van der Waals surface area (Å²) in [5.41, 5.74) is 0.472. The number of nitrogens with zero attached hydrogens (tertiary/aromatic N) is 3. The van der Waals surface area contributed by atoms with E-state index in [1.54, 1.807) is 18.2 Å². The van der Waals surface area contributed by atoms with Gasteiger partial charge in [0, 0.05) is 6.07 Å². The largest absolute Gasteiger partial charge is 0.497 e. The van der Waals surface area contributed by atoms with E-state index in [-0.39, 0.29) is 6.61 Å². The van der Waals surface area contributed by atoms with E-state index in [9.17, 15) is 0 Å². The third-order valence-corrected chi connectivity index (χ3v) is 3.04. The van der Waals surface area contributed by atoms with Gasteiger partial charge in [-0.05, 0) is 23.7 Å². The Morgan fingerprint density at radius 1 is 1.33 bits per heavy atom. The Bertz CT molecular complexity index is 594. The van der Waals surface area contributed by atoms with Crippen LogP contribution in [-0.4, -0.2) is 17.3 Å². The van der Waals surface area contributed by atoms with Gasteiger partial charge in [-0.25, -0.2) is 0 Å². The molecule has 0 atom stereocenters. The normalized spacial score (nSPS) is 9.83. The van der Waals surface area contributed by atoms with Gasteiger partial charge in [0.05, 0.1) is 18.7 Å². The lowest BCUT2D eigenvalue weighted by atomic mass is 10.2. The third kappa shape index (κ3) is 3.09. The summed E-state index contributed by atoms with van der Waals surface area (Å²) in [5.74, 6) is 1.11. The van der Waals surface area contributed by atoms with Crippen molar-refractivity contribution in [3.8, 4) is 17.6 Å². The van der Waals surface area contributed by atoms with Crippen molar-refractivity contribution in [3.63, 3.8) is 0 Å². The monoisotopic (exact) mass is 281 g/mol. The van der Waals surface area contributed by atoms with Gasteiger partial charge >= 0.3 is 0 Å². The number of hydrogen-bond acceptors (Lipinski definition) is 6. The maximum absolute atomic E-state index is 8.87. The molecule has 0 unspecified atom stereocenters. The van der Waals surface area contributed by atoms with Crippen LogP contribution in [0, 0.1) is 11.3 Å². The molecule has 0 spiro atoms. The molecule has 2 rings (SSSR count). The first-order valence-electron chi connectivity index (χ1n) is 4.91. The lowest BCUT2D eigenvalue weighted by molar-refractivity contribution is 0.302. The first-order valence-corrected chi connectivity index (χ1v) is 6.10. The Morgan fingerprint density at radius 3 is 2.72 bits per heavy atom. The number of nitriles is 1. The van der Waals surface area contributed by atoms with Crippen molar-refractivity contribution in [2.24, 2.45) is 0 Å². The molecule has 1 aromatic heterocycles. The highest BCUT2D eigenvalue weighted by Crippen LogP contribution is 2.24. The maximum atomic E-state index is 8.87. The molecular weight excluding hydrogens is 274 g/mol. The summed E-state index contributed by atoms with van der Waals surface area (Å²) in [6.07, 6.45) is 0. The van der Waals surface area contributed by atoms with Gasteiger partial charge in [-0.1, -0.05) is 11.3 Å². The number of aromatic nitrogens is 2. The van der Waals surface area contributed by atoms with Gasteiger partial charge < -0.3 is 9.47 Å². The molecule has 0 amide bonds. The maximum Gasteiger partial charge on any atom is 0.207 e. The van der Waals surface area contributed by atoms with E-state index in [0.29, 0.717) is 26.5 Å². The minimum Gasteiger partial charge on any atom is -0.497 e. The SMILES string of the molecule is COc1cc(C#N)cc(OCc2nnc(Cl)s2)c1. The first kappa shape index (κ1) is 12.6. The summed E-state index contributed by atoms with van der Waals surface area (Å²) in [4.78, 5) is 0. The number of rotatable bonds is 4. The van der Waals surface area contributed by atoms with E-state index >= 15 is 0 Å². The van der Waals surface area contributed by atoms with Crippen LogP contribution in [0.15, 0.2) is 18.2 Å². The fourth-order valence-corrected chi connectivity index (χ4v) is 2.05. The summed E-state index contributed by atoms with van der Waals surface area (Å²) < 4.78 is 11.0. The summed E-state index contributed by atoms with van der Waals surface area (Å²) in [6, 6.07) is 7.00. The minimum absolute atomic E-state index is 0.252. The van der Waals surface area contributed by atoms with Crippen molar-refractivity contribution in [1.29, 1.82) is 5.26 Å². The second-order valence-corrected chi connectivity index (χ2v) is 4.89.